The maximum Gasteiger partial charge on any atom is 0.220 e. The van der Waals surface area contributed by atoms with Crippen molar-refractivity contribution < 1.29 is 4.79 Å². The number of amides is 1. The Morgan fingerprint density at radius 2 is 2.13 bits per heavy atom. The van der Waals surface area contributed by atoms with Gasteiger partial charge in [-0.3, -0.25) is 4.79 Å². The Kier molecular flexibility index (Phi) is 3.90. The quantitative estimate of drug-likeness (QED) is 0.570. The number of carbonyl (C=O) groups is 1. The summed E-state index contributed by atoms with van der Waals surface area (Å²) < 4.78 is 0. The molecule has 2 aliphatic carbocycles. The van der Waals surface area contributed by atoms with Crippen LogP contribution in [0.15, 0.2) is 0 Å². The van der Waals surface area contributed by atoms with Crippen LogP contribution in [0.1, 0.15) is 44.9 Å². The Bertz CT molecular complexity index is 232. The molecule has 1 N–H and O–H groups in total. The molecule has 0 spiro atoms. The summed E-state index contributed by atoms with van der Waals surface area (Å²) in [4.78, 5) is 11.6. The van der Waals surface area contributed by atoms with Crippen LogP contribution in [0.4, 0.5) is 0 Å². The number of fused-ring (bicyclic) bond motifs is 2. The highest BCUT2D eigenvalue weighted by Gasteiger charge is 2.39. The molecule has 0 aliphatic heterocycles. The molecule has 0 aromatic carbocycles. The van der Waals surface area contributed by atoms with Crippen LogP contribution in [0.3, 0.4) is 0 Å². The van der Waals surface area contributed by atoms with Gasteiger partial charge in [0, 0.05) is 18.3 Å². The second-order valence-corrected chi connectivity index (χ2v) is 5.37. The first-order valence-electron chi connectivity index (χ1n) is 6.15. The smallest absolute Gasteiger partial charge is 0.220 e. The number of rotatable bonds is 5. The SMILES string of the molecule is O=C(CCCCCl)NC1CC2CCC1C2. The third-order valence-corrected chi connectivity index (χ3v) is 4.14. The number of hydrogen-bond acceptors (Lipinski definition) is 1. The van der Waals surface area contributed by atoms with Crippen molar-refractivity contribution in [3.8, 4) is 0 Å². The highest BCUT2D eigenvalue weighted by atomic mass is 35.5. The van der Waals surface area contributed by atoms with Crippen LogP contribution in [0.5, 0.6) is 0 Å². The minimum Gasteiger partial charge on any atom is -0.353 e. The van der Waals surface area contributed by atoms with Crippen molar-refractivity contribution in [2.45, 2.75) is 51.0 Å². The number of alkyl halides is 1. The second-order valence-electron chi connectivity index (χ2n) is 4.99. The van der Waals surface area contributed by atoms with Gasteiger partial charge in [0.1, 0.15) is 0 Å². The summed E-state index contributed by atoms with van der Waals surface area (Å²) in [7, 11) is 0. The van der Waals surface area contributed by atoms with Crippen LogP contribution < -0.4 is 5.32 Å². The van der Waals surface area contributed by atoms with E-state index in [2.05, 4.69) is 5.32 Å². The molecule has 3 heteroatoms. The van der Waals surface area contributed by atoms with E-state index in [0.29, 0.717) is 18.3 Å². The van der Waals surface area contributed by atoms with Gasteiger partial charge in [-0.15, -0.1) is 11.6 Å². The van der Waals surface area contributed by atoms with Crippen LogP contribution in [0.2, 0.25) is 0 Å². The molecule has 2 rings (SSSR count). The third kappa shape index (κ3) is 2.87. The number of unbranched alkanes of at least 4 members (excludes halogenated alkanes) is 1. The fraction of sp³-hybridized carbons (Fsp3) is 0.917. The summed E-state index contributed by atoms with van der Waals surface area (Å²) in [6.07, 6.45) is 7.83. The van der Waals surface area contributed by atoms with Crippen LogP contribution in [-0.4, -0.2) is 17.8 Å². The maximum atomic E-state index is 11.6. The van der Waals surface area contributed by atoms with E-state index in [4.69, 9.17) is 11.6 Å². The molecule has 2 bridgehead atoms. The van der Waals surface area contributed by atoms with Gasteiger partial charge in [-0.05, 0) is 43.9 Å². The minimum atomic E-state index is 0.234. The molecule has 15 heavy (non-hydrogen) atoms. The molecule has 0 aromatic heterocycles. The van der Waals surface area contributed by atoms with E-state index >= 15 is 0 Å². The molecule has 0 aromatic rings. The lowest BCUT2D eigenvalue weighted by molar-refractivity contribution is -0.122. The molecular formula is C12H20ClNO. The minimum absolute atomic E-state index is 0.234. The Labute approximate surface area is 96.8 Å². The molecule has 0 saturated heterocycles. The number of carbonyl (C=O) groups excluding carboxylic acids is 1. The second kappa shape index (κ2) is 5.20. The first kappa shape index (κ1) is 11.3. The topological polar surface area (TPSA) is 29.1 Å². The Morgan fingerprint density at radius 1 is 1.27 bits per heavy atom. The summed E-state index contributed by atoms with van der Waals surface area (Å²) in [5, 5.41) is 3.19. The van der Waals surface area contributed by atoms with E-state index in [0.717, 1.165) is 24.7 Å². The highest BCUT2D eigenvalue weighted by molar-refractivity contribution is 6.17. The number of halogens is 1. The van der Waals surface area contributed by atoms with Crippen LogP contribution in [0, 0.1) is 11.8 Å². The number of nitrogens with one attached hydrogen (secondary N) is 1. The molecule has 2 saturated carbocycles. The lowest BCUT2D eigenvalue weighted by Gasteiger charge is -2.22. The predicted octanol–water partition coefficient (Wildman–Crippen LogP) is 2.70. The van der Waals surface area contributed by atoms with Gasteiger partial charge in [0.2, 0.25) is 5.91 Å². The van der Waals surface area contributed by atoms with Gasteiger partial charge in [0.25, 0.3) is 0 Å². The molecule has 0 heterocycles. The van der Waals surface area contributed by atoms with Gasteiger partial charge in [0.15, 0.2) is 0 Å². The van der Waals surface area contributed by atoms with Gasteiger partial charge in [-0.25, -0.2) is 0 Å². The summed E-state index contributed by atoms with van der Waals surface area (Å²) in [6, 6.07) is 0.493. The molecular weight excluding hydrogens is 210 g/mol. The Balaban J connectivity index is 1.66. The third-order valence-electron chi connectivity index (χ3n) is 3.87. The predicted molar refractivity (Wildman–Crippen MR) is 61.9 cm³/mol. The van der Waals surface area contributed by atoms with E-state index in [1.165, 1.54) is 25.7 Å². The zero-order chi connectivity index (χ0) is 10.7. The molecule has 1 amide bonds. The van der Waals surface area contributed by atoms with Crippen molar-refractivity contribution >= 4 is 17.5 Å². The normalized spacial score (nSPS) is 33.3. The van der Waals surface area contributed by atoms with Gasteiger partial charge < -0.3 is 5.32 Å². The van der Waals surface area contributed by atoms with Crippen LogP contribution in [0.25, 0.3) is 0 Å². The van der Waals surface area contributed by atoms with E-state index in [1.807, 2.05) is 0 Å². The van der Waals surface area contributed by atoms with Gasteiger partial charge in [-0.1, -0.05) is 6.42 Å². The van der Waals surface area contributed by atoms with Crippen molar-refractivity contribution in [2.75, 3.05) is 5.88 Å². The standard InChI is InChI=1S/C12H20ClNO/c13-6-2-1-3-12(15)14-11-8-9-4-5-10(11)7-9/h9-11H,1-8H2,(H,14,15). The van der Waals surface area contributed by atoms with Crippen molar-refractivity contribution in [1.29, 1.82) is 0 Å². The van der Waals surface area contributed by atoms with E-state index in [1.54, 1.807) is 0 Å². The highest BCUT2D eigenvalue weighted by Crippen LogP contribution is 2.44. The van der Waals surface area contributed by atoms with Crippen molar-refractivity contribution in [1.82, 2.24) is 5.32 Å². The summed E-state index contributed by atoms with van der Waals surface area (Å²) >= 11 is 5.57. The average Bonchev–Trinajstić information content (AvgIpc) is 2.79. The molecule has 2 nitrogen and oxygen atoms in total. The van der Waals surface area contributed by atoms with Crippen molar-refractivity contribution in [3.05, 3.63) is 0 Å². The monoisotopic (exact) mass is 229 g/mol. The summed E-state index contributed by atoms with van der Waals surface area (Å²) in [5.74, 6) is 2.59. The van der Waals surface area contributed by atoms with Crippen molar-refractivity contribution in [2.24, 2.45) is 11.8 Å². The van der Waals surface area contributed by atoms with E-state index < -0.39 is 0 Å². The largest absolute Gasteiger partial charge is 0.353 e. The van der Waals surface area contributed by atoms with E-state index in [9.17, 15) is 4.79 Å². The summed E-state index contributed by atoms with van der Waals surface area (Å²) in [6.45, 7) is 0. The average molecular weight is 230 g/mol. The Hall–Kier alpha value is -0.240. The number of hydrogen-bond donors (Lipinski definition) is 1. The molecule has 2 aliphatic rings. The van der Waals surface area contributed by atoms with Gasteiger partial charge in [-0.2, -0.15) is 0 Å². The van der Waals surface area contributed by atoms with Gasteiger partial charge >= 0.3 is 0 Å². The molecule has 2 fully saturated rings. The molecule has 3 atom stereocenters. The zero-order valence-electron chi connectivity index (χ0n) is 9.18. The first-order valence-corrected chi connectivity index (χ1v) is 6.68. The van der Waals surface area contributed by atoms with Crippen molar-refractivity contribution in [3.63, 3.8) is 0 Å². The fourth-order valence-corrected chi connectivity index (χ4v) is 3.27. The molecule has 86 valence electrons. The lowest BCUT2D eigenvalue weighted by Crippen LogP contribution is -2.38. The first-order chi connectivity index (χ1) is 7.29. The Morgan fingerprint density at radius 3 is 2.73 bits per heavy atom. The van der Waals surface area contributed by atoms with E-state index in [-0.39, 0.29) is 5.91 Å². The molecule has 0 radical (unpaired) electrons. The van der Waals surface area contributed by atoms with Crippen LogP contribution >= 0.6 is 11.6 Å². The van der Waals surface area contributed by atoms with Crippen LogP contribution in [-0.2, 0) is 4.79 Å². The zero-order valence-corrected chi connectivity index (χ0v) is 9.93. The lowest BCUT2D eigenvalue weighted by atomic mass is 9.95. The molecule has 3 unspecified atom stereocenters. The maximum absolute atomic E-state index is 11.6. The summed E-state index contributed by atoms with van der Waals surface area (Å²) in [5.41, 5.74) is 0. The van der Waals surface area contributed by atoms with Gasteiger partial charge in [0.05, 0.1) is 0 Å². The fourth-order valence-electron chi connectivity index (χ4n) is 3.08.